The minimum atomic E-state index is -0.350. The van der Waals surface area contributed by atoms with Crippen LogP contribution in [-0.4, -0.2) is 48.1 Å². The zero-order chi connectivity index (χ0) is 18.7. The maximum atomic E-state index is 11.4. The lowest BCUT2D eigenvalue weighted by Crippen LogP contribution is -2.46. The van der Waals surface area contributed by atoms with E-state index in [1.807, 2.05) is 26.8 Å². The Morgan fingerprint density at radius 2 is 1.77 bits per heavy atom. The zero-order valence-corrected chi connectivity index (χ0v) is 16.2. The molecule has 0 aliphatic carbocycles. The third-order valence-electron chi connectivity index (χ3n) is 5.55. The number of piperidine rings is 2. The molecule has 2 heterocycles. The van der Waals surface area contributed by atoms with Crippen molar-refractivity contribution in [2.45, 2.75) is 65.0 Å². The van der Waals surface area contributed by atoms with Gasteiger partial charge in [0.1, 0.15) is 0 Å². The number of anilines is 1. The van der Waals surface area contributed by atoms with Crippen LogP contribution in [0.3, 0.4) is 0 Å². The molecule has 6 heteroatoms. The Morgan fingerprint density at radius 1 is 1.12 bits per heavy atom. The van der Waals surface area contributed by atoms with Gasteiger partial charge in [-0.3, -0.25) is 10.1 Å². The van der Waals surface area contributed by atoms with Crippen molar-refractivity contribution in [3.63, 3.8) is 0 Å². The first-order valence-electron chi connectivity index (χ1n) is 9.90. The van der Waals surface area contributed by atoms with E-state index in [-0.39, 0.29) is 16.7 Å². The summed E-state index contributed by atoms with van der Waals surface area (Å²) < 4.78 is 5.73. The fourth-order valence-electron chi connectivity index (χ4n) is 4.25. The molecule has 2 aliphatic heterocycles. The van der Waals surface area contributed by atoms with Crippen LogP contribution in [0.15, 0.2) is 12.1 Å². The van der Waals surface area contributed by atoms with E-state index in [2.05, 4.69) is 9.80 Å². The summed E-state index contributed by atoms with van der Waals surface area (Å²) in [7, 11) is 0. The van der Waals surface area contributed by atoms with Crippen LogP contribution < -0.4 is 9.64 Å². The number of hydrogen-bond acceptors (Lipinski definition) is 5. The van der Waals surface area contributed by atoms with Gasteiger partial charge in [-0.15, -0.1) is 0 Å². The number of benzene rings is 1. The second-order valence-electron chi connectivity index (χ2n) is 7.84. The highest BCUT2D eigenvalue weighted by Gasteiger charge is 2.28. The van der Waals surface area contributed by atoms with Gasteiger partial charge in [-0.1, -0.05) is 6.42 Å². The Hall–Kier alpha value is -1.82. The van der Waals surface area contributed by atoms with Crippen LogP contribution in [0.4, 0.5) is 11.4 Å². The first-order chi connectivity index (χ1) is 12.5. The summed E-state index contributed by atoms with van der Waals surface area (Å²) in [5.41, 5.74) is 2.08. The molecule has 0 saturated carbocycles. The number of rotatable bonds is 5. The number of nitrogens with zero attached hydrogens (tertiary/aromatic N) is 3. The van der Waals surface area contributed by atoms with Crippen LogP contribution in [0.25, 0.3) is 0 Å². The van der Waals surface area contributed by atoms with E-state index in [1.165, 1.54) is 32.4 Å². The molecule has 0 N–H and O–H groups in total. The minimum Gasteiger partial charge on any atom is -0.484 e. The van der Waals surface area contributed by atoms with Crippen molar-refractivity contribution >= 4 is 11.4 Å². The maximum absolute atomic E-state index is 11.4. The Morgan fingerprint density at radius 3 is 2.35 bits per heavy atom. The summed E-state index contributed by atoms with van der Waals surface area (Å²) >= 11 is 0. The zero-order valence-electron chi connectivity index (χ0n) is 16.2. The number of nitro benzene ring substituents is 1. The molecular formula is C20H31N3O3. The molecular weight excluding hydrogens is 330 g/mol. The van der Waals surface area contributed by atoms with Crippen molar-refractivity contribution in [1.29, 1.82) is 0 Å². The van der Waals surface area contributed by atoms with Gasteiger partial charge in [-0.25, -0.2) is 0 Å². The van der Waals surface area contributed by atoms with Gasteiger partial charge >= 0.3 is 5.69 Å². The summed E-state index contributed by atoms with van der Waals surface area (Å²) in [5, 5.41) is 11.4. The van der Waals surface area contributed by atoms with Crippen molar-refractivity contribution in [2.24, 2.45) is 0 Å². The molecule has 0 radical (unpaired) electrons. The van der Waals surface area contributed by atoms with E-state index in [9.17, 15) is 10.1 Å². The molecule has 1 aromatic rings. The fraction of sp³-hybridized carbons (Fsp3) is 0.700. The molecule has 0 spiro atoms. The average Bonchev–Trinajstić information content (AvgIpc) is 2.63. The van der Waals surface area contributed by atoms with Crippen LogP contribution in [0.5, 0.6) is 5.75 Å². The van der Waals surface area contributed by atoms with E-state index >= 15 is 0 Å². The van der Waals surface area contributed by atoms with Crippen LogP contribution in [0.2, 0.25) is 0 Å². The lowest BCUT2D eigenvalue weighted by atomic mass is 9.98. The third-order valence-corrected chi connectivity index (χ3v) is 5.55. The quantitative estimate of drug-likeness (QED) is 0.582. The number of hydrogen-bond donors (Lipinski definition) is 0. The molecule has 144 valence electrons. The minimum absolute atomic E-state index is 0.0585. The van der Waals surface area contributed by atoms with Gasteiger partial charge in [-0.2, -0.15) is 0 Å². The third kappa shape index (κ3) is 4.29. The standard InChI is InChI=1S/C20H31N3O3/c1-15(2)26-20-14-18(16(3)13-19(20)23(24)25)22-11-7-17(8-12-22)21-9-5-4-6-10-21/h13-15,17H,4-12H2,1-3H3. The number of nitro groups is 1. The summed E-state index contributed by atoms with van der Waals surface area (Å²) in [6.45, 7) is 10.2. The normalized spacial score (nSPS) is 19.8. The predicted molar refractivity (Wildman–Crippen MR) is 104 cm³/mol. The lowest BCUT2D eigenvalue weighted by molar-refractivity contribution is -0.386. The Labute approximate surface area is 156 Å². The highest BCUT2D eigenvalue weighted by atomic mass is 16.6. The number of aryl methyl sites for hydroxylation is 1. The second kappa shape index (κ2) is 8.25. The fourth-order valence-corrected chi connectivity index (χ4v) is 4.25. The van der Waals surface area contributed by atoms with E-state index < -0.39 is 0 Å². The van der Waals surface area contributed by atoms with Gasteiger partial charge in [0.05, 0.1) is 11.0 Å². The van der Waals surface area contributed by atoms with E-state index in [0.29, 0.717) is 11.8 Å². The molecule has 6 nitrogen and oxygen atoms in total. The van der Waals surface area contributed by atoms with Gasteiger partial charge in [0.2, 0.25) is 0 Å². The number of ether oxygens (including phenoxy) is 1. The molecule has 1 aromatic carbocycles. The topological polar surface area (TPSA) is 58.9 Å². The summed E-state index contributed by atoms with van der Waals surface area (Å²) in [5.74, 6) is 0.378. The van der Waals surface area contributed by atoms with Gasteiger partial charge < -0.3 is 14.5 Å². The van der Waals surface area contributed by atoms with Crippen LogP contribution >= 0.6 is 0 Å². The van der Waals surface area contributed by atoms with Gasteiger partial charge in [0, 0.05) is 37.0 Å². The molecule has 0 aromatic heterocycles. The van der Waals surface area contributed by atoms with Crippen LogP contribution in [0.1, 0.15) is 51.5 Å². The number of likely N-dealkylation sites (tertiary alicyclic amines) is 1. The molecule has 2 aliphatic rings. The van der Waals surface area contributed by atoms with E-state index in [4.69, 9.17) is 4.74 Å². The highest BCUT2D eigenvalue weighted by Crippen LogP contribution is 2.36. The molecule has 0 amide bonds. The summed E-state index contributed by atoms with van der Waals surface area (Å²) in [6, 6.07) is 4.22. The monoisotopic (exact) mass is 361 g/mol. The SMILES string of the molecule is Cc1cc([N+](=O)[O-])c(OC(C)C)cc1N1CCC(N2CCCCC2)CC1. The first-order valence-corrected chi connectivity index (χ1v) is 9.90. The molecule has 3 rings (SSSR count). The van der Waals surface area contributed by atoms with Crippen LogP contribution in [0, 0.1) is 17.0 Å². The Kier molecular flexibility index (Phi) is 6.01. The first kappa shape index (κ1) is 19.0. The van der Waals surface area contributed by atoms with Crippen molar-refractivity contribution in [2.75, 3.05) is 31.1 Å². The average molecular weight is 361 g/mol. The largest absolute Gasteiger partial charge is 0.484 e. The van der Waals surface area contributed by atoms with Gasteiger partial charge in [-0.05, 0) is 65.1 Å². The van der Waals surface area contributed by atoms with Crippen molar-refractivity contribution in [3.8, 4) is 5.75 Å². The summed E-state index contributed by atoms with van der Waals surface area (Å²) in [4.78, 5) is 16.0. The maximum Gasteiger partial charge on any atom is 0.311 e. The van der Waals surface area contributed by atoms with Crippen molar-refractivity contribution in [3.05, 3.63) is 27.8 Å². The molecule has 0 atom stereocenters. The van der Waals surface area contributed by atoms with Crippen molar-refractivity contribution in [1.82, 2.24) is 4.90 Å². The smallest absolute Gasteiger partial charge is 0.311 e. The Bertz CT molecular complexity index is 633. The van der Waals surface area contributed by atoms with Crippen molar-refractivity contribution < 1.29 is 9.66 Å². The predicted octanol–water partition coefficient (Wildman–Crippen LogP) is 4.15. The van der Waals surface area contributed by atoms with E-state index in [0.717, 1.165) is 37.2 Å². The highest BCUT2D eigenvalue weighted by molar-refractivity contribution is 5.64. The second-order valence-corrected chi connectivity index (χ2v) is 7.84. The molecule has 0 unspecified atom stereocenters. The molecule has 2 saturated heterocycles. The molecule has 26 heavy (non-hydrogen) atoms. The molecule has 0 bridgehead atoms. The molecule has 2 fully saturated rings. The van der Waals surface area contributed by atoms with Gasteiger partial charge in [0.25, 0.3) is 0 Å². The Balaban J connectivity index is 1.73. The lowest BCUT2D eigenvalue weighted by Gasteiger charge is -2.41. The van der Waals surface area contributed by atoms with Gasteiger partial charge in [0.15, 0.2) is 5.75 Å². The van der Waals surface area contributed by atoms with E-state index in [1.54, 1.807) is 6.07 Å². The van der Waals surface area contributed by atoms with Crippen LogP contribution in [-0.2, 0) is 0 Å². The summed E-state index contributed by atoms with van der Waals surface area (Å²) in [6.07, 6.45) is 6.27.